The van der Waals surface area contributed by atoms with Crippen LogP contribution in [0.15, 0.2) is 34.0 Å². The van der Waals surface area contributed by atoms with Gasteiger partial charge in [0, 0.05) is 12.0 Å². The summed E-state index contributed by atoms with van der Waals surface area (Å²) in [6, 6.07) is 6.03. The number of hydrogen-bond acceptors (Lipinski definition) is 6. The number of rotatable bonds is 16. The van der Waals surface area contributed by atoms with Crippen LogP contribution in [-0.4, -0.2) is 27.5 Å². The molecule has 1 aliphatic rings. The number of amides is 1. The fourth-order valence-electron chi connectivity index (χ4n) is 5.68. The minimum absolute atomic E-state index is 0.0519. The lowest BCUT2D eigenvalue weighted by atomic mass is 9.95. The highest BCUT2D eigenvalue weighted by molar-refractivity contribution is 7.98. The van der Waals surface area contributed by atoms with Crippen LogP contribution >= 0.6 is 11.8 Å². The van der Waals surface area contributed by atoms with Crippen molar-refractivity contribution in [2.75, 3.05) is 6.26 Å². The van der Waals surface area contributed by atoms with Crippen LogP contribution in [0.25, 0.3) is 11.1 Å². The van der Waals surface area contributed by atoms with Crippen molar-refractivity contribution < 1.29 is 20.1 Å². The lowest BCUT2D eigenvalue weighted by Gasteiger charge is -2.18. The van der Waals surface area contributed by atoms with Gasteiger partial charge in [-0.15, -0.1) is 11.8 Å². The fraction of sp³-hybridized carbons (Fsp3) is 0.576. The number of thioether (sulfide) groups is 1. The Labute approximate surface area is 243 Å². The van der Waals surface area contributed by atoms with Crippen LogP contribution in [0.3, 0.4) is 0 Å². The van der Waals surface area contributed by atoms with E-state index in [9.17, 15) is 24.9 Å². The molecule has 3 rings (SSSR count). The Balaban J connectivity index is 1.54. The van der Waals surface area contributed by atoms with Gasteiger partial charge in [-0.1, -0.05) is 90.0 Å². The fourth-order valence-corrected chi connectivity index (χ4v) is 6.15. The van der Waals surface area contributed by atoms with Crippen molar-refractivity contribution >= 4 is 17.7 Å². The van der Waals surface area contributed by atoms with Crippen LogP contribution in [0.2, 0.25) is 0 Å². The molecule has 0 unspecified atom stereocenters. The summed E-state index contributed by atoms with van der Waals surface area (Å²) in [5.74, 6) is -1.45. The summed E-state index contributed by atoms with van der Waals surface area (Å²) >= 11 is 1.33. The lowest BCUT2D eigenvalue weighted by Crippen LogP contribution is -2.28. The number of aryl methyl sites for hydroxylation is 1. The van der Waals surface area contributed by atoms with Crippen LogP contribution < -0.4 is 10.7 Å². The minimum Gasteiger partial charge on any atom is -0.504 e. The average molecular weight is 570 g/mol. The molecule has 0 spiro atoms. The first-order valence-corrected chi connectivity index (χ1v) is 16.4. The number of carbonyl (C=O) groups excluding carboxylic acids is 1. The van der Waals surface area contributed by atoms with E-state index in [-0.39, 0.29) is 11.3 Å². The first kappa shape index (κ1) is 31.9. The standard InChI is InChI=1S/C33H47NO5S/c1-3-4-5-6-7-8-9-10-11-12-13-14-15-16-30(37)34-26-19-17-23-21-28(36)32(38)33(39)31(23)24-18-20-29(40-2)27(35)22-25(24)26/h18,20-22,26,36,38-39H,3-17,19H2,1-2H3,(H,34,37)/t26-/m0/s1. The second-order valence-corrected chi connectivity index (χ2v) is 11.9. The smallest absolute Gasteiger partial charge is 0.220 e. The normalized spacial score (nSPS) is 14.3. The van der Waals surface area contributed by atoms with Crippen LogP contribution in [-0.2, 0) is 11.2 Å². The van der Waals surface area contributed by atoms with Gasteiger partial charge in [-0.2, -0.15) is 0 Å². The summed E-state index contributed by atoms with van der Waals surface area (Å²) in [5, 5.41) is 34.2. The molecule has 40 heavy (non-hydrogen) atoms. The Morgan fingerprint density at radius 2 is 1.48 bits per heavy atom. The highest BCUT2D eigenvalue weighted by Crippen LogP contribution is 2.48. The highest BCUT2D eigenvalue weighted by atomic mass is 32.2. The first-order valence-electron chi connectivity index (χ1n) is 15.2. The molecule has 220 valence electrons. The van der Waals surface area contributed by atoms with Gasteiger partial charge in [-0.05, 0) is 60.4 Å². The Morgan fingerprint density at radius 1 is 0.875 bits per heavy atom. The molecule has 1 atom stereocenters. The SMILES string of the molecule is CCCCCCCCCCCCCCCC(=O)N[C@H]1CCc2cc(O)c(O)c(O)c2-c2ccc(SC)c(=O)cc21. The van der Waals surface area contributed by atoms with Crippen LogP contribution in [0.1, 0.15) is 120 Å². The number of aromatic hydroxyl groups is 3. The second kappa shape index (κ2) is 16.6. The van der Waals surface area contributed by atoms with Crippen LogP contribution in [0.5, 0.6) is 17.2 Å². The van der Waals surface area contributed by atoms with Gasteiger partial charge in [0.2, 0.25) is 11.7 Å². The summed E-state index contributed by atoms with van der Waals surface area (Å²) in [6.07, 6.45) is 19.5. The number of unbranched alkanes of at least 4 members (excludes halogenated alkanes) is 12. The van der Waals surface area contributed by atoms with Crippen molar-refractivity contribution in [1.29, 1.82) is 0 Å². The van der Waals surface area contributed by atoms with E-state index >= 15 is 0 Å². The van der Waals surface area contributed by atoms with Crippen molar-refractivity contribution in [3.05, 3.63) is 45.6 Å². The van der Waals surface area contributed by atoms with E-state index in [2.05, 4.69) is 12.2 Å². The third-order valence-electron chi connectivity index (χ3n) is 7.99. The zero-order chi connectivity index (χ0) is 28.9. The van der Waals surface area contributed by atoms with E-state index in [0.29, 0.717) is 46.4 Å². The van der Waals surface area contributed by atoms with Gasteiger partial charge in [0.1, 0.15) is 0 Å². The van der Waals surface area contributed by atoms with Gasteiger partial charge in [-0.3, -0.25) is 9.59 Å². The molecule has 0 radical (unpaired) electrons. The molecule has 7 heteroatoms. The Morgan fingerprint density at radius 3 is 2.08 bits per heavy atom. The molecule has 2 aromatic carbocycles. The van der Waals surface area contributed by atoms with Gasteiger partial charge in [-0.25, -0.2) is 0 Å². The zero-order valence-electron chi connectivity index (χ0n) is 24.3. The molecule has 0 bridgehead atoms. The van der Waals surface area contributed by atoms with Crippen molar-refractivity contribution in [3.63, 3.8) is 0 Å². The maximum absolute atomic E-state index is 12.9. The third kappa shape index (κ3) is 8.92. The van der Waals surface area contributed by atoms with E-state index < -0.39 is 23.3 Å². The first-order chi connectivity index (χ1) is 19.4. The molecule has 1 amide bonds. The van der Waals surface area contributed by atoms with Crippen LogP contribution in [0, 0.1) is 0 Å². The number of benzene rings is 1. The molecule has 2 aromatic rings. The maximum atomic E-state index is 12.9. The molecular weight excluding hydrogens is 522 g/mol. The van der Waals surface area contributed by atoms with E-state index in [1.807, 2.05) is 6.26 Å². The Bertz CT molecular complexity index is 1180. The molecule has 0 saturated carbocycles. The van der Waals surface area contributed by atoms with E-state index in [1.165, 1.54) is 88.1 Å². The minimum atomic E-state index is -0.589. The summed E-state index contributed by atoms with van der Waals surface area (Å²) in [4.78, 5) is 26.4. The number of phenolic OH excluding ortho intramolecular Hbond substituents is 3. The monoisotopic (exact) mass is 569 g/mol. The van der Waals surface area contributed by atoms with Gasteiger partial charge >= 0.3 is 0 Å². The third-order valence-corrected chi connectivity index (χ3v) is 8.76. The van der Waals surface area contributed by atoms with Gasteiger partial charge in [0.15, 0.2) is 16.9 Å². The topological polar surface area (TPSA) is 107 Å². The van der Waals surface area contributed by atoms with E-state index in [1.54, 1.807) is 12.1 Å². The number of phenols is 3. The molecule has 0 aromatic heterocycles. The van der Waals surface area contributed by atoms with Crippen LogP contribution in [0.4, 0.5) is 0 Å². The quantitative estimate of drug-likeness (QED) is 0.0923. The maximum Gasteiger partial charge on any atom is 0.220 e. The van der Waals surface area contributed by atoms with Gasteiger partial charge < -0.3 is 20.6 Å². The predicted molar refractivity (Wildman–Crippen MR) is 164 cm³/mol. The molecule has 0 heterocycles. The molecule has 0 fully saturated rings. The molecule has 1 aliphatic carbocycles. The van der Waals surface area contributed by atoms with E-state index in [0.717, 1.165) is 19.3 Å². The highest BCUT2D eigenvalue weighted by Gasteiger charge is 2.28. The molecule has 0 aliphatic heterocycles. The molecule has 6 nitrogen and oxygen atoms in total. The van der Waals surface area contributed by atoms with Crippen molar-refractivity contribution in [3.8, 4) is 28.4 Å². The molecular formula is C33H47NO5S. The predicted octanol–water partition coefficient (Wildman–Crippen LogP) is 8.14. The largest absolute Gasteiger partial charge is 0.504 e. The summed E-state index contributed by atoms with van der Waals surface area (Å²) in [6.45, 7) is 2.25. The van der Waals surface area contributed by atoms with Gasteiger partial charge in [0.05, 0.1) is 10.9 Å². The average Bonchev–Trinajstić information content (AvgIpc) is 3.18. The molecule has 0 saturated heterocycles. The number of carbonyl (C=O) groups is 1. The summed E-state index contributed by atoms with van der Waals surface area (Å²) < 4.78 is 0. The molecule has 4 N–H and O–H groups in total. The Hall–Kier alpha value is -2.67. The number of nitrogens with one attached hydrogen (secondary N) is 1. The summed E-state index contributed by atoms with van der Waals surface area (Å²) in [7, 11) is 0. The zero-order valence-corrected chi connectivity index (χ0v) is 25.1. The van der Waals surface area contributed by atoms with Crippen molar-refractivity contribution in [2.45, 2.75) is 121 Å². The van der Waals surface area contributed by atoms with Gasteiger partial charge in [0.25, 0.3) is 0 Å². The number of fused-ring (bicyclic) bond motifs is 3. The summed E-state index contributed by atoms with van der Waals surface area (Å²) in [5.41, 5.74) is 2.08. The lowest BCUT2D eigenvalue weighted by molar-refractivity contribution is -0.122. The Kier molecular flexibility index (Phi) is 13.2. The number of hydrogen-bond donors (Lipinski definition) is 4. The van der Waals surface area contributed by atoms with Crippen molar-refractivity contribution in [2.24, 2.45) is 0 Å². The van der Waals surface area contributed by atoms with E-state index in [4.69, 9.17) is 0 Å². The second-order valence-electron chi connectivity index (χ2n) is 11.1. The van der Waals surface area contributed by atoms with Crippen molar-refractivity contribution in [1.82, 2.24) is 5.32 Å².